The number of nitrogens with one attached hydrogen (secondary N) is 1. The highest BCUT2D eigenvalue weighted by atomic mass is 15.2. The second kappa shape index (κ2) is 3.98. The summed E-state index contributed by atoms with van der Waals surface area (Å²) in [6, 6.07) is 4.37. The first-order valence-electron chi connectivity index (χ1n) is 7.01. The van der Waals surface area contributed by atoms with Crippen LogP contribution < -0.4 is 10.2 Å². The minimum Gasteiger partial charge on any atom is -0.348 e. The summed E-state index contributed by atoms with van der Waals surface area (Å²) < 4.78 is 0. The van der Waals surface area contributed by atoms with Crippen LogP contribution in [0.4, 0.5) is 11.4 Å². The first-order chi connectivity index (χ1) is 9.36. The molecule has 0 spiro atoms. The number of likely N-dealkylation sites (N-methyl/N-ethyl adjacent to an activating group) is 1. The molecule has 0 amide bonds. The summed E-state index contributed by atoms with van der Waals surface area (Å²) in [6.45, 7) is 14.9. The highest BCUT2D eigenvalue weighted by Gasteiger charge is 2.38. The van der Waals surface area contributed by atoms with E-state index in [0.29, 0.717) is 0 Å². The molecular formula is C17H21N3. The van der Waals surface area contributed by atoms with Gasteiger partial charge in [-0.15, -0.1) is 0 Å². The molecule has 104 valence electrons. The fourth-order valence-electron chi connectivity index (χ4n) is 2.99. The molecule has 0 atom stereocenters. The number of anilines is 1. The third-order valence-corrected chi connectivity index (χ3v) is 4.49. The molecule has 1 aromatic carbocycles. The summed E-state index contributed by atoms with van der Waals surface area (Å²) in [5, 5.41) is 3.28. The topological polar surface area (TPSA) is 27.6 Å². The molecular weight excluding hydrogens is 246 g/mol. The molecule has 2 aliphatic heterocycles. The largest absolute Gasteiger partial charge is 0.348 e. The average Bonchev–Trinajstić information content (AvgIpc) is 2.58. The fraction of sp³-hybridized carbons (Fsp3) is 0.353. The van der Waals surface area contributed by atoms with Crippen molar-refractivity contribution in [3.8, 4) is 0 Å². The predicted octanol–water partition coefficient (Wildman–Crippen LogP) is 3.94. The van der Waals surface area contributed by atoms with Gasteiger partial charge in [0.05, 0.1) is 5.69 Å². The van der Waals surface area contributed by atoms with Gasteiger partial charge in [0, 0.05) is 41.5 Å². The Kier molecular flexibility index (Phi) is 2.58. The van der Waals surface area contributed by atoms with Crippen molar-refractivity contribution in [3.63, 3.8) is 0 Å². The van der Waals surface area contributed by atoms with Crippen LogP contribution >= 0.6 is 0 Å². The van der Waals surface area contributed by atoms with Crippen molar-refractivity contribution in [2.45, 2.75) is 32.6 Å². The zero-order chi connectivity index (χ0) is 14.7. The van der Waals surface area contributed by atoms with Crippen molar-refractivity contribution >= 4 is 22.9 Å². The van der Waals surface area contributed by atoms with Gasteiger partial charge in [-0.3, -0.25) is 0 Å². The third kappa shape index (κ3) is 1.56. The zero-order valence-electron chi connectivity index (χ0n) is 12.7. The molecule has 20 heavy (non-hydrogen) atoms. The molecule has 1 aromatic rings. The summed E-state index contributed by atoms with van der Waals surface area (Å²) in [5.41, 5.74) is 6.60. The molecule has 2 aliphatic rings. The Labute approximate surface area is 120 Å². The van der Waals surface area contributed by atoms with Gasteiger partial charge in [-0.1, -0.05) is 33.9 Å². The second-order valence-electron chi connectivity index (χ2n) is 6.03. The highest BCUT2D eigenvalue weighted by molar-refractivity contribution is 5.98. The summed E-state index contributed by atoms with van der Waals surface area (Å²) in [6.07, 6.45) is 0.879. The molecule has 3 nitrogen and oxygen atoms in total. The number of nitrogens with zero attached hydrogens (tertiary/aromatic N) is 2. The Morgan fingerprint density at radius 3 is 2.65 bits per heavy atom. The maximum Gasteiger partial charge on any atom is 0.106 e. The van der Waals surface area contributed by atoms with Crippen molar-refractivity contribution in [3.05, 3.63) is 42.1 Å². The molecule has 0 bridgehead atoms. The predicted molar refractivity (Wildman–Crippen MR) is 86.6 cm³/mol. The van der Waals surface area contributed by atoms with Crippen molar-refractivity contribution < 1.29 is 0 Å². The Hall–Kier alpha value is -2.03. The standard InChI is InChI=1S/C17H21N3/c1-7-16-18-10(2)12-8-13-15(9-14(12)19-16)20(6)11(3)17(13,4)5/h8-9H,2-3,7H2,1,4-6H3,(H,18,19). The number of aliphatic imine (C=N–C) groups is 1. The Morgan fingerprint density at radius 1 is 1.30 bits per heavy atom. The molecule has 2 heterocycles. The number of rotatable bonds is 1. The normalized spacial score (nSPS) is 19.4. The van der Waals surface area contributed by atoms with Crippen LogP contribution in [0.1, 0.15) is 38.3 Å². The van der Waals surface area contributed by atoms with Gasteiger partial charge in [0.25, 0.3) is 0 Å². The monoisotopic (exact) mass is 267 g/mol. The number of benzene rings is 1. The summed E-state index contributed by atoms with van der Waals surface area (Å²) in [5.74, 6) is 0.973. The quantitative estimate of drug-likeness (QED) is 0.834. The highest BCUT2D eigenvalue weighted by Crippen LogP contribution is 2.49. The van der Waals surface area contributed by atoms with E-state index in [1.807, 2.05) is 0 Å². The number of amidine groups is 1. The molecule has 3 heteroatoms. The molecule has 0 radical (unpaired) electrons. The van der Waals surface area contributed by atoms with Crippen LogP contribution in [0, 0.1) is 0 Å². The van der Waals surface area contributed by atoms with Crippen LogP contribution in [0.5, 0.6) is 0 Å². The van der Waals surface area contributed by atoms with Crippen LogP contribution in [-0.4, -0.2) is 12.9 Å². The molecule has 0 fully saturated rings. The van der Waals surface area contributed by atoms with Crippen LogP contribution in [0.15, 0.2) is 36.0 Å². The SMILES string of the molecule is C=C1NC(CC)=Nc2cc3c(cc21)C(C)(C)C(=C)N3C. The van der Waals surface area contributed by atoms with E-state index in [1.54, 1.807) is 0 Å². The van der Waals surface area contributed by atoms with E-state index in [0.717, 1.165) is 34.9 Å². The number of hydrogen-bond acceptors (Lipinski definition) is 3. The van der Waals surface area contributed by atoms with Crippen molar-refractivity contribution in [1.29, 1.82) is 0 Å². The maximum atomic E-state index is 4.69. The molecule has 0 saturated heterocycles. The number of hydrogen-bond donors (Lipinski definition) is 1. The third-order valence-electron chi connectivity index (χ3n) is 4.49. The molecule has 0 aromatic heterocycles. The smallest absolute Gasteiger partial charge is 0.106 e. The lowest BCUT2D eigenvalue weighted by Crippen LogP contribution is -2.24. The van der Waals surface area contributed by atoms with Crippen molar-refractivity contribution in [2.24, 2.45) is 4.99 Å². The van der Waals surface area contributed by atoms with E-state index in [9.17, 15) is 0 Å². The van der Waals surface area contributed by atoms with E-state index >= 15 is 0 Å². The minimum atomic E-state index is -0.0475. The van der Waals surface area contributed by atoms with Gasteiger partial charge in [0.15, 0.2) is 0 Å². The molecule has 0 unspecified atom stereocenters. The fourth-order valence-corrected chi connectivity index (χ4v) is 2.99. The number of fused-ring (bicyclic) bond motifs is 2. The lowest BCUT2D eigenvalue weighted by Gasteiger charge is -2.23. The van der Waals surface area contributed by atoms with Crippen molar-refractivity contribution in [2.75, 3.05) is 11.9 Å². The molecule has 1 N–H and O–H groups in total. The van der Waals surface area contributed by atoms with Crippen molar-refractivity contribution in [1.82, 2.24) is 5.32 Å². The first kappa shape index (κ1) is 13.0. The maximum absolute atomic E-state index is 4.69. The lowest BCUT2D eigenvalue weighted by atomic mass is 9.83. The van der Waals surface area contributed by atoms with E-state index in [-0.39, 0.29) is 5.41 Å². The Bertz CT molecular complexity index is 665. The minimum absolute atomic E-state index is 0.0475. The molecule has 0 saturated carbocycles. The van der Waals surface area contributed by atoms with Crippen LogP contribution in [0.2, 0.25) is 0 Å². The van der Waals surface area contributed by atoms with Gasteiger partial charge in [0.1, 0.15) is 5.84 Å². The Morgan fingerprint density at radius 2 is 2.00 bits per heavy atom. The van der Waals surface area contributed by atoms with Crippen LogP contribution in [0.25, 0.3) is 5.70 Å². The Balaban J connectivity index is 2.25. The van der Waals surface area contributed by atoms with E-state index in [1.165, 1.54) is 11.3 Å². The summed E-state index contributed by atoms with van der Waals surface area (Å²) in [4.78, 5) is 6.86. The first-order valence-corrected chi connectivity index (χ1v) is 7.01. The van der Waals surface area contributed by atoms with E-state index in [4.69, 9.17) is 0 Å². The van der Waals surface area contributed by atoms with E-state index < -0.39 is 0 Å². The summed E-state index contributed by atoms with van der Waals surface area (Å²) >= 11 is 0. The molecule has 3 rings (SSSR count). The van der Waals surface area contributed by atoms with E-state index in [2.05, 4.69) is 68.3 Å². The van der Waals surface area contributed by atoms with Gasteiger partial charge in [-0.2, -0.15) is 0 Å². The lowest BCUT2D eigenvalue weighted by molar-refractivity contribution is 0.643. The van der Waals surface area contributed by atoms with Gasteiger partial charge >= 0.3 is 0 Å². The van der Waals surface area contributed by atoms with Gasteiger partial charge in [-0.25, -0.2) is 4.99 Å². The second-order valence-corrected chi connectivity index (χ2v) is 6.03. The van der Waals surface area contributed by atoms with Gasteiger partial charge < -0.3 is 10.2 Å². The van der Waals surface area contributed by atoms with Gasteiger partial charge in [0.2, 0.25) is 0 Å². The summed E-state index contributed by atoms with van der Waals surface area (Å²) in [7, 11) is 2.07. The van der Waals surface area contributed by atoms with Crippen LogP contribution in [0.3, 0.4) is 0 Å². The number of allylic oxidation sites excluding steroid dienone is 1. The van der Waals surface area contributed by atoms with Gasteiger partial charge in [-0.05, 0) is 17.7 Å². The molecule has 0 aliphatic carbocycles. The zero-order valence-corrected chi connectivity index (χ0v) is 12.7. The average molecular weight is 267 g/mol. The van der Waals surface area contributed by atoms with Crippen LogP contribution in [-0.2, 0) is 5.41 Å².